The minimum atomic E-state index is -0.331. The second-order valence-electron chi connectivity index (χ2n) is 3.88. The number of thiophene rings is 2. The Hall–Kier alpha value is -1.66. The van der Waals surface area contributed by atoms with Gasteiger partial charge in [0.1, 0.15) is 4.70 Å². The first kappa shape index (κ1) is 11.4. The molecule has 0 saturated heterocycles. The van der Waals surface area contributed by atoms with Crippen molar-refractivity contribution >= 4 is 32.9 Å². The molecule has 3 rings (SSSR count). The molecule has 1 N–H and O–H groups in total. The Kier molecular flexibility index (Phi) is 2.89. The van der Waals surface area contributed by atoms with E-state index in [9.17, 15) is 9.59 Å². The van der Waals surface area contributed by atoms with Gasteiger partial charge in [-0.25, -0.2) is 4.79 Å². The standard InChI is InChI=1S/C12H10N2O2S2/c15-11-10-9(4-7-18-10)13-12(16)14(11)5-3-8-2-1-6-17-8/h1-2,4,6-7H,3,5H2,(H,13,16). The number of aromatic amines is 1. The Morgan fingerprint density at radius 1 is 1.17 bits per heavy atom. The third-order valence-corrected chi connectivity index (χ3v) is 4.59. The highest BCUT2D eigenvalue weighted by atomic mass is 32.1. The van der Waals surface area contributed by atoms with Crippen molar-refractivity contribution in [2.24, 2.45) is 0 Å². The summed E-state index contributed by atoms with van der Waals surface area (Å²) in [6.07, 6.45) is 0.706. The third kappa shape index (κ3) is 1.93. The highest BCUT2D eigenvalue weighted by Gasteiger charge is 2.08. The fourth-order valence-corrected chi connectivity index (χ4v) is 3.35. The molecule has 0 aliphatic heterocycles. The molecule has 3 heterocycles. The maximum Gasteiger partial charge on any atom is 0.328 e. The summed E-state index contributed by atoms with van der Waals surface area (Å²) in [7, 11) is 0. The Morgan fingerprint density at radius 2 is 2.06 bits per heavy atom. The van der Waals surface area contributed by atoms with Crippen molar-refractivity contribution in [1.82, 2.24) is 9.55 Å². The van der Waals surface area contributed by atoms with Crippen LogP contribution in [0.4, 0.5) is 0 Å². The zero-order valence-corrected chi connectivity index (χ0v) is 11.0. The van der Waals surface area contributed by atoms with Crippen molar-refractivity contribution in [1.29, 1.82) is 0 Å². The molecular formula is C12H10N2O2S2. The molecule has 3 aromatic heterocycles. The highest BCUT2D eigenvalue weighted by Crippen LogP contribution is 2.13. The van der Waals surface area contributed by atoms with Crippen molar-refractivity contribution in [2.75, 3.05) is 0 Å². The van der Waals surface area contributed by atoms with Gasteiger partial charge >= 0.3 is 5.69 Å². The Morgan fingerprint density at radius 3 is 2.83 bits per heavy atom. The summed E-state index contributed by atoms with van der Waals surface area (Å²) in [4.78, 5) is 27.9. The Labute approximate surface area is 110 Å². The van der Waals surface area contributed by atoms with Crippen LogP contribution in [-0.2, 0) is 13.0 Å². The molecule has 0 bridgehead atoms. The molecule has 0 unspecified atom stereocenters. The van der Waals surface area contributed by atoms with Gasteiger partial charge in [0.25, 0.3) is 5.56 Å². The van der Waals surface area contributed by atoms with Gasteiger partial charge in [0, 0.05) is 11.4 Å². The van der Waals surface area contributed by atoms with E-state index in [-0.39, 0.29) is 11.2 Å². The Balaban J connectivity index is 2.01. The average molecular weight is 278 g/mol. The van der Waals surface area contributed by atoms with E-state index in [1.807, 2.05) is 22.9 Å². The SMILES string of the molecule is O=c1[nH]c2ccsc2c(=O)n1CCc1cccs1. The molecule has 0 saturated carbocycles. The van der Waals surface area contributed by atoms with Gasteiger partial charge in [-0.3, -0.25) is 9.36 Å². The monoisotopic (exact) mass is 278 g/mol. The van der Waals surface area contributed by atoms with Crippen molar-refractivity contribution in [3.63, 3.8) is 0 Å². The summed E-state index contributed by atoms with van der Waals surface area (Å²) in [5.74, 6) is 0. The lowest BCUT2D eigenvalue weighted by atomic mass is 10.3. The molecule has 0 amide bonds. The van der Waals surface area contributed by atoms with Gasteiger partial charge in [-0.05, 0) is 29.3 Å². The first-order chi connectivity index (χ1) is 8.75. The summed E-state index contributed by atoms with van der Waals surface area (Å²) >= 11 is 2.99. The number of hydrogen-bond donors (Lipinski definition) is 1. The van der Waals surface area contributed by atoms with Crippen molar-refractivity contribution in [3.05, 3.63) is 54.7 Å². The van der Waals surface area contributed by atoms with Gasteiger partial charge in [0.05, 0.1) is 5.52 Å². The van der Waals surface area contributed by atoms with Gasteiger partial charge in [0.15, 0.2) is 0 Å². The van der Waals surface area contributed by atoms with Gasteiger partial charge in [0.2, 0.25) is 0 Å². The van der Waals surface area contributed by atoms with E-state index in [1.165, 1.54) is 20.8 Å². The van der Waals surface area contributed by atoms with Crippen LogP contribution in [0.15, 0.2) is 38.5 Å². The quantitative estimate of drug-likeness (QED) is 0.797. The number of nitrogens with zero attached hydrogens (tertiary/aromatic N) is 1. The molecule has 92 valence electrons. The van der Waals surface area contributed by atoms with Crippen molar-refractivity contribution in [3.8, 4) is 0 Å². The van der Waals surface area contributed by atoms with Crippen LogP contribution in [-0.4, -0.2) is 9.55 Å². The molecule has 0 atom stereocenters. The molecule has 0 aromatic carbocycles. The lowest BCUT2D eigenvalue weighted by molar-refractivity contribution is 0.641. The zero-order valence-electron chi connectivity index (χ0n) is 9.38. The minimum Gasteiger partial charge on any atom is -0.306 e. The van der Waals surface area contributed by atoms with Crippen LogP contribution in [0.5, 0.6) is 0 Å². The van der Waals surface area contributed by atoms with E-state index < -0.39 is 0 Å². The van der Waals surface area contributed by atoms with Gasteiger partial charge in [-0.1, -0.05) is 6.07 Å². The number of hydrogen-bond acceptors (Lipinski definition) is 4. The topological polar surface area (TPSA) is 54.9 Å². The molecule has 18 heavy (non-hydrogen) atoms. The molecular weight excluding hydrogens is 268 g/mol. The first-order valence-corrected chi connectivity index (χ1v) is 7.24. The number of fused-ring (bicyclic) bond motifs is 1. The van der Waals surface area contributed by atoms with Crippen molar-refractivity contribution < 1.29 is 0 Å². The van der Waals surface area contributed by atoms with E-state index >= 15 is 0 Å². The van der Waals surface area contributed by atoms with E-state index in [0.717, 1.165) is 0 Å². The van der Waals surface area contributed by atoms with Gasteiger partial charge < -0.3 is 4.98 Å². The second kappa shape index (κ2) is 4.55. The summed E-state index contributed by atoms with van der Waals surface area (Å²) in [6, 6.07) is 5.73. The van der Waals surface area contributed by atoms with Crippen LogP contribution >= 0.6 is 22.7 Å². The summed E-state index contributed by atoms with van der Waals surface area (Å²) in [5, 5.41) is 3.80. The maximum atomic E-state index is 12.1. The van der Waals surface area contributed by atoms with E-state index in [2.05, 4.69) is 4.98 Å². The Bertz CT molecular complexity index is 780. The zero-order chi connectivity index (χ0) is 12.5. The molecule has 6 heteroatoms. The van der Waals surface area contributed by atoms with Crippen molar-refractivity contribution in [2.45, 2.75) is 13.0 Å². The molecule has 0 spiro atoms. The molecule has 0 fully saturated rings. The van der Waals surface area contributed by atoms with E-state index in [1.54, 1.807) is 17.4 Å². The molecule has 0 aliphatic rings. The predicted molar refractivity (Wildman–Crippen MR) is 74.7 cm³/mol. The van der Waals surface area contributed by atoms with Gasteiger partial charge in [-0.2, -0.15) is 0 Å². The summed E-state index contributed by atoms with van der Waals surface area (Å²) in [6.45, 7) is 0.419. The average Bonchev–Trinajstić information content (AvgIpc) is 2.98. The summed E-state index contributed by atoms with van der Waals surface area (Å²) in [5.41, 5.74) is 0.102. The molecule has 0 aliphatic carbocycles. The van der Waals surface area contributed by atoms with Crippen LogP contribution in [0.3, 0.4) is 0 Å². The van der Waals surface area contributed by atoms with Gasteiger partial charge in [-0.15, -0.1) is 22.7 Å². The van der Waals surface area contributed by atoms with E-state index in [4.69, 9.17) is 0 Å². The number of nitrogens with one attached hydrogen (secondary N) is 1. The normalized spacial score (nSPS) is 11.1. The smallest absolute Gasteiger partial charge is 0.306 e. The highest BCUT2D eigenvalue weighted by molar-refractivity contribution is 7.17. The van der Waals surface area contributed by atoms with E-state index in [0.29, 0.717) is 23.2 Å². The first-order valence-electron chi connectivity index (χ1n) is 5.48. The largest absolute Gasteiger partial charge is 0.328 e. The molecule has 3 aromatic rings. The number of aryl methyl sites for hydroxylation is 1. The van der Waals surface area contributed by atoms with Crippen LogP contribution < -0.4 is 11.2 Å². The second-order valence-corrected chi connectivity index (χ2v) is 5.83. The lowest BCUT2D eigenvalue weighted by Gasteiger charge is -2.03. The molecule has 0 radical (unpaired) electrons. The fourth-order valence-electron chi connectivity index (χ4n) is 1.85. The van der Waals surface area contributed by atoms with Crippen LogP contribution in [0.2, 0.25) is 0 Å². The molecule has 4 nitrogen and oxygen atoms in total. The number of H-pyrrole nitrogens is 1. The van der Waals surface area contributed by atoms with Crippen LogP contribution in [0, 0.1) is 0 Å². The summed E-state index contributed by atoms with van der Waals surface area (Å²) < 4.78 is 1.89. The number of rotatable bonds is 3. The lowest BCUT2D eigenvalue weighted by Crippen LogP contribution is -2.35. The van der Waals surface area contributed by atoms with Crippen LogP contribution in [0.1, 0.15) is 4.88 Å². The maximum absolute atomic E-state index is 12.1. The van der Waals surface area contributed by atoms with Crippen LogP contribution in [0.25, 0.3) is 10.2 Å². The fraction of sp³-hybridized carbons (Fsp3) is 0.167. The number of aromatic nitrogens is 2. The third-order valence-electron chi connectivity index (χ3n) is 2.75. The predicted octanol–water partition coefficient (Wildman–Crippen LogP) is 2.06. The minimum absolute atomic E-state index is 0.194.